The predicted molar refractivity (Wildman–Crippen MR) is 178 cm³/mol. The van der Waals surface area contributed by atoms with Crippen molar-refractivity contribution in [2.75, 3.05) is 67.9 Å². The Balaban J connectivity index is 0.987. The Bertz CT molecular complexity index is 1630. The van der Waals surface area contributed by atoms with Gasteiger partial charge in [-0.2, -0.15) is 0 Å². The third-order valence-electron chi connectivity index (χ3n) is 8.75. The summed E-state index contributed by atoms with van der Waals surface area (Å²) in [4.78, 5) is 59.7. The number of thioether (sulfide) groups is 1. The number of piperazine rings is 2. The average Bonchev–Trinajstić information content (AvgIpc) is 3.43. The zero-order valence-corrected chi connectivity index (χ0v) is 25.8. The largest absolute Gasteiger partial charge is 0.368 e. The topological polar surface area (TPSA) is 92.1 Å². The van der Waals surface area contributed by atoms with Crippen LogP contribution in [0, 0.1) is 0 Å². The maximum Gasteiger partial charge on any atom is 0.259 e. The smallest absolute Gasteiger partial charge is 0.259 e. The van der Waals surface area contributed by atoms with E-state index in [9.17, 15) is 14.4 Å². The summed E-state index contributed by atoms with van der Waals surface area (Å²) in [5.41, 5.74) is 3.77. The molecule has 0 bridgehead atoms. The van der Waals surface area contributed by atoms with Crippen molar-refractivity contribution in [2.45, 2.75) is 12.5 Å². The zero-order chi connectivity index (χ0) is 30.8. The molecule has 11 heteroatoms. The van der Waals surface area contributed by atoms with Crippen molar-refractivity contribution >= 4 is 57.5 Å². The molecular weight excluding hydrogens is 586 g/mol. The summed E-state index contributed by atoms with van der Waals surface area (Å²) in [5, 5.41) is 0.431. The lowest BCUT2D eigenvalue weighted by Crippen LogP contribution is -2.50. The Hall–Kier alpha value is -4.64. The van der Waals surface area contributed by atoms with Crippen LogP contribution in [0.3, 0.4) is 0 Å². The molecule has 1 atom stereocenters. The lowest BCUT2D eigenvalue weighted by molar-refractivity contribution is -0.135. The first-order valence-corrected chi connectivity index (χ1v) is 16.4. The number of amidine groups is 2. The van der Waals surface area contributed by atoms with Crippen molar-refractivity contribution in [3.8, 4) is 0 Å². The van der Waals surface area contributed by atoms with Crippen molar-refractivity contribution in [3.05, 3.63) is 90.5 Å². The second-order valence-corrected chi connectivity index (χ2v) is 12.4. The quantitative estimate of drug-likeness (QED) is 0.419. The second-order valence-electron chi connectivity index (χ2n) is 11.5. The molecule has 0 unspecified atom stereocenters. The van der Waals surface area contributed by atoms with Crippen molar-refractivity contribution in [2.24, 2.45) is 9.98 Å². The van der Waals surface area contributed by atoms with Crippen molar-refractivity contribution in [1.29, 1.82) is 0 Å². The van der Waals surface area contributed by atoms with Crippen molar-refractivity contribution in [1.82, 2.24) is 14.7 Å². The third kappa shape index (κ3) is 6.04. The number of carbonyl (C=O) groups is 3. The van der Waals surface area contributed by atoms with Crippen LogP contribution in [0.15, 0.2) is 94.9 Å². The van der Waals surface area contributed by atoms with Crippen LogP contribution in [-0.2, 0) is 14.4 Å². The Kier molecular flexibility index (Phi) is 8.25. The maximum atomic E-state index is 13.8. The molecule has 7 rings (SSSR count). The number of nitrogens with zero attached hydrogens (tertiary/aromatic N) is 7. The number of carbonyl (C=O) groups excluding carboxylic acids is 3. The van der Waals surface area contributed by atoms with Gasteiger partial charge in [-0.3, -0.25) is 19.4 Å². The summed E-state index contributed by atoms with van der Waals surface area (Å²) in [6.07, 6.45) is 0.00884. The average molecular weight is 622 g/mol. The number of hydrogen-bond acceptors (Lipinski definition) is 8. The first-order chi connectivity index (χ1) is 22.0. The molecule has 4 aliphatic heterocycles. The van der Waals surface area contributed by atoms with Gasteiger partial charge in [0.05, 0.1) is 17.9 Å². The molecule has 0 spiro atoms. The minimum atomic E-state index is -0.821. The Morgan fingerprint density at radius 1 is 0.689 bits per heavy atom. The van der Waals surface area contributed by atoms with Crippen LogP contribution in [-0.4, -0.2) is 108 Å². The van der Waals surface area contributed by atoms with Crippen LogP contribution in [0.1, 0.15) is 12.0 Å². The normalized spacial score (nSPS) is 19.6. The van der Waals surface area contributed by atoms with E-state index in [-0.39, 0.29) is 29.9 Å². The molecule has 2 saturated heterocycles. The maximum absolute atomic E-state index is 13.8. The van der Waals surface area contributed by atoms with Crippen LogP contribution >= 0.6 is 11.8 Å². The van der Waals surface area contributed by atoms with E-state index >= 15 is 0 Å². The van der Waals surface area contributed by atoms with E-state index in [1.165, 1.54) is 16.7 Å². The second kappa shape index (κ2) is 12.8. The van der Waals surface area contributed by atoms with Gasteiger partial charge in [-0.05, 0) is 36.4 Å². The fourth-order valence-electron chi connectivity index (χ4n) is 6.25. The van der Waals surface area contributed by atoms with Gasteiger partial charge >= 0.3 is 0 Å². The number of benzene rings is 3. The number of fused-ring (bicyclic) bond motifs is 3. The van der Waals surface area contributed by atoms with Crippen LogP contribution in [0.25, 0.3) is 0 Å². The minimum Gasteiger partial charge on any atom is -0.368 e. The molecule has 10 nitrogen and oxygen atoms in total. The zero-order valence-electron chi connectivity index (χ0n) is 25.0. The van der Waals surface area contributed by atoms with Gasteiger partial charge in [0, 0.05) is 69.3 Å². The van der Waals surface area contributed by atoms with Gasteiger partial charge in [0.15, 0.2) is 5.17 Å². The highest BCUT2D eigenvalue weighted by molar-refractivity contribution is 8.14. The highest BCUT2D eigenvalue weighted by atomic mass is 32.2. The number of para-hydroxylation sites is 3. The lowest BCUT2D eigenvalue weighted by Gasteiger charge is -2.36. The van der Waals surface area contributed by atoms with Crippen LogP contribution in [0.2, 0.25) is 0 Å². The summed E-state index contributed by atoms with van der Waals surface area (Å²) >= 11 is 1.26. The molecule has 45 heavy (non-hydrogen) atoms. The van der Waals surface area contributed by atoms with E-state index in [0.29, 0.717) is 42.9 Å². The van der Waals surface area contributed by atoms with Crippen molar-refractivity contribution in [3.63, 3.8) is 0 Å². The number of amides is 3. The molecule has 4 heterocycles. The lowest BCUT2D eigenvalue weighted by atomic mass is 10.1. The van der Waals surface area contributed by atoms with Crippen molar-refractivity contribution < 1.29 is 14.4 Å². The van der Waals surface area contributed by atoms with E-state index < -0.39 is 6.04 Å². The van der Waals surface area contributed by atoms with Crippen LogP contribution in [0.4, 0.5) is 17.1 Å². The van der Waals surface area contributed by atoms with Gasteiger partial charge in [-0.1, -0.05) is 60.3 Å². The molecule has 0 aromatic heterocycles. The Morgan fingerprint density at radius 3 is 1.82 bits per heavy atom. The van der Waals surface area contributed by atoms with Gasteiger partial charge < -0.3 is 19.6 Å². The van der Waals surface area contributed by atoms with Gasteiger partial charge in [0.1, 0.15) is 11.9 Å². The number of hydrogen-bond donors (Lipinski definition) is 0. The Morgan fingerprint density at radius 2 is 1.22 bits per heavy atom. The number of anilines is 2. The van der Waals surface area contributed by atoms with E-state index in [4.69, 9.17) is 9.98 Å². The van der Waals surface area contributed by atoms with E-state index in [1.807, 2.05) is 70.5 Å². The van der Waals surface area contributed by atoms with E-state index in [1.54, 1.807) is 0 Å². The predicted octanol–water partition coefficient (Wildman–Crippen LogP) is 3.47. The fourth-order valence-corrected chi connectivity index (χ4v) is 7.15. The molecule has 4 aliphatic rings. The summed E-state index contributed by atoms with van der Waals surface area (Å²) < 4.78 is 0. The summed E-state index contributed by atoms with van der Waals surface area (Å²) in [6, 6.07) is 27.2. The molecule has 3 aromatic rings. The highest BCUT2D eigenvalue weighted by Crippen LogP contribution is 2.34. The highest BCUT2D eigenvalue weighted by Gasteiger charge is 2.43. The van der Waals surface area contributed by atoms with Gasteiger partial charge in [0.2, 0.25) is 11.8 Å². The molecule has 230 valence electrons. The molecular formula is C34H35N7O3S. The Labute approximate surface area is 267 Å². The van der Waals surface area contributed by atoms with E-state index in [2.05, 4.69) is 34.1 Å². The van der Waals surface area contributed by atoms with Crippen LogP contribution in [0.5, 0.6) is 0 Å². The first-order valence-electron chi connectivity index (χ1n) is 15.4. The third-order valence-corrected chi connectivity index (χ3v) is 9.67. The summed E-state index contributed by atoms with van der Waals surface area (Å²) in [7, 11) is 0. The summed E-state index contributed by atoms with van der Waals surface area (Å²) in [5.74, 6) is 0.337. The molecule has 0 saturated carbocycles. The van der Waals surface area contributed by atoms with Gasteiger partial charge in [-0.15, -0.1) is 0 Å². The van der Waals surface area contributed by atoms with Gasteiger partial charge in [-0.25, -0.2) is 9.89 Å². The SMILES string of the molecule is O=C(CSC1=Nc2ccccc2C2=N[C@H](CC(=O)N3CCN(c4ccccc4)CC3)C(=O)N12)N1CCN(c2ccccc2)CC1. The standard InChI is InChI=1S/C34H35N7O3S/c42-30(39-19-15-37(16-20-39)25-9-3-1-4-10-25)23-29-33(44)41-32(35-29)27-13-7-8-14-28(27)36-34(41)45-24-31(43)40-21-17-38(18-22-40)26-11-5-2-6-12-26/h1-14,29H,15-24H2/t29-/m1/s1. The molecule has 3 aromatic carbocycles. The molecule has 3 amide bonds. The molecule has 0 radical (unpaired) electrons. The monoisotopic (exact) mass is 621 g/mol. The number of aliphatic imine (C=N–C) groups is 2. The summed E-state index contributed by atoms with van der Waals surface area (Å²) in [6.45, 7) is 5.51. The molecule has 0 aliphatic carbocycles. The fraction of sp³-hybridized carbons (Fsp3) is 0.324. The number of rotatable bonds is 6. The minimum absolute atomic E-state index is 0.00884. The van der Waals surface area contributed by atoms with Crippen LogP contribution < -0.4 is 9.80 Å². The first kappa shape index (κ1) is 29.1. The van der Waals surface area contributed by atoms with Gasteiger partial charge in [0.25, 0.3) is 5.91 Å². The van der Waals surface area contributed by atoms with E-state index in [0.717, 1.165) is 43.1 Å². The molecule has 2 fully saturated rings. The molecule has 0 N–H and O–H groups in total.